The van der Waals surface area contributed by atoms with Crippen LogP contribution in [0, 0.1) is 10.1 Å². The van der Waals surface area contributed by atoms with E-state index in [2.05, 4.69) is 21.2 Å². The molecular weight excluding hydrogens is 352 g/mol. The number of nitrogens with one attached hydrogen (secondary N) is 1. The lowest BCUT2D eigenvalue weighted by molar-refractivity contribution is -0.384. The minimum Gasteiger partial charge on any atom is -0.345 e. The van der Waals surface area contributed by atoms with Gasteiger partial charge in [-0.15, -0.1) is 0 Å². The van der Waals surface area contributed by atoms with Crippen molar-refractivity contribution >= 4 is 37.4 Å². The van der Waals surface area contributed by atoms with E-state index in [1.54, 1.807) is 0 Å². The third-order valence-corrected chi connectivity index (χ3v) is 4.74. The number of nitrogens with zero attached hydrogens (tertiary/aromatic N) is 1. The molecule has 1 aromatic rings. The Kier molecular flexibility index (Phi) is 3.91. The van der Waals surface area contributed by atoms with Crippen molar-refractivity contribution < 1.29 is 18.1 Å². The zero-order valence-electron chi connectivity index (χ0n) is 9.95. The highest BCUT2D eigenvalue weighted by Crippen LogP contribution is 2.23. The van der Waals surface area contributed by atoms with Gasteiger partial charge in [-0.3, -0.25) is 14.9 Å². The second-order valence-corrected chi connectivity index (χ2v) is 6.94. The first kappa shape index (κ1) is 14.7. The molecule has 1 aliphatic heterocycles. The summed E-state index contributed by atoms with van der Waals surface area (Å²) in [6.45, 7) is 0. The van der Waals surface area contributed by atoms with Crippen molar-refractivity contribution in [3.63, 3.8) is 0 Å². The molecule has 106 valence electrons. The largest absolute Gasteiger partial charge is 0.345 e. The van der Waals surface area contributed by atoms with Gasteiger partial charge in [0.15, 0.2) is 9.84 Å². The molecule has 0 aliphatic carbocycles. The summed E-state index contributed by atoms with van der Waals surface area (Å²) >= 11 is 3.13. The number of carbonyl (C=O) groups is 1. The molecular formula is C11H9BrN2O5S. The number of nitro benzene ring substituents is 1. The molecule has 1 aliphatic rings. The van der Waals surface area contributed by atoms with E-state index >= 15 is 0 Å². The van der Waals surface area contributed by atoms with Gasteiger partial charge in [0.1, 0.15) is 0 Å². The van der Waals surface area contributed by atoms with Crippen LogP contribution >= 0.6 is 15.9 Å². The summed E-state index contributed by atoms with van der Waals surface area (Å²) in [6.07, 6.45) is 1.37. The molecule has 1 heterocycles. The Hall–Kier alpha value is -1.74. The first-order valence-electron chi connectivity index (χ1n) is 5.44. The fourth-order valence-electron chi connectivity index (χ4n) is 1.71. The molecule has 1 N–H and O–H groups in total. The normalized spacial score (nSPS) is 19.8. The number of amides is 1. The number of carbonyl (C=O) groups excluding carboxylic acids is 1. The summed E-state index contributed by atoms with van der Waals surface area (Å²) in [7, 11) is -3.27. The van der Waals surface area contributed by atoms with Crippen molar-refractivity contribution in [2.75, 3.05) is 5.75 Å². The highest BCUT2D eigenvalue weighted by molar-refractivity contribution is 9.10. The fraction of sp³-hybridized carbons (Fsp3) is 0.182. The van der Waals surface area contributed by atoms with Crippen LogP contribution in [0.1, 0.15) is 10.4 Å². The quantitative estimate of drug-likeness (QED) is 0.647. The van der Waals surface area contributed by atoms with Gasteiger partial charge >= 0.3 is 0 Å². The minimum atomic E-state index is -3.27. The molecule has 0 saturated heterocycles. The lowest BCUT2D eigenvalue weighted by atomic mass is 10.2. The maximum Gasteiger partial charge on any atom is 0.270 e. The number of benzene rings is 1. The van der Waals surface area contributed by atoms with Crippen LogP contribution in [0.4, 0.5) is 5.69 Å². The molecule has 0 spiro atoms. The SMILES string of the molecule is O=C(NC1C=CS(=O)(=O)C1)c1cc([N+](=O)[O-])ccc1Br. The number of sulfone groups is 1. The highest BCUT2D eigenvalue weighted by Gasteiger charge is 2.24. The fourth-order valence-corrected chi connectivity index (χ4v) is 3.37. The summed E-state index contributed by atoms with van der Waals surface area (Å²) in [5, 5.41) is 14.2. The molecule has 7 nitrogen and oxygen atoms in total. The van der Waals surface area contributed by atoms with Crippen LogP contribution in [0.5, 0.6) is 0 Å². The topological polar surface area (TPSA) is 106 Å². The number of rotatable bonds is 3. The molecule has 20 heavy (non-hydrogen) atoms. The Bertz CT molecular complexity index is 714. The van der Waals surface area contributed by atoms with Crippen molar-refractivity contribution in [2.24, 2.45) is 0 Å². The van der Waals surface area contributed by atoms with E-state index in [-0.39, 0.29) is 17.0 Å². The maximum absolute atomic E-state index is 12.0. The van der Waals surface area contributed by atoms with Crippen LogP contribution in [0.15, 0.2) is 34.2 Å². The lowest BCUT2D eigenvalue weighted by Crippen LogP contribution is -2.35. The molecule has 1 amide bonds. The van der Waals surface area contributed by atoms with Crippen LogP contribution in [-0.2, 0) is 9.84 Å². The number of nitro groups is 1. The zero-order chi connectivity index (χ0) is 14.9. The summed E-state index contributed by atoms with van der Waals surface area (Å²) < 4.78 is 22.9. The number of non-ortho nitro benzene ring substituents is 1. The number of hydrogen-bond acceptors (Lipinski definition) is 5. The molecule has 2 rings (SSSR count). The van der Waals surface area contributed by atoms with Crippen LogP contribution in [-0.4, -0.2) is 31.0 Å². The molecule has 9 heteroatoms. The van der Waals surface area contributed by atoms with Gasteiger partial charge in [-0.05, 0) is 28.1 Å². The number of halogens is 1. The second kappa shape index (κ2) is 5.33. The van der Waals surface area contributed by atoms with E-state index in [0.29, 0.717) is 4.47 Å². The van der Waals surface area contributed by atoms with E-state index in [1.807, 2.05) is 0 Å². The van der Waals surface area contributed by atoms with Gasteiger partial charge in [0, 0.05) is 22.0 Å². The van der Waals surface area contributed by atoms with Crippen molar-refractivity contribution in [1.29, 1.82) is 0 Å². The molecule has 0 aromatic heterocycles. The zero-order valence-corrected chi connectivity index (χ0v) is 12.3. The van der Waals surface area contributed by atoms with Gasteiger partial charge in [-0.2, -0.15) is 0 Å². The molecule has 1 unspecified atom stereocenters. The predicted molar refractivity (Wildman–Crippen MR) is 75.0 cm³/mol. The van der Waals surface area contributed by atoms with Crippen molar-refractivity contribution in [2.45, 2.75) is 6.04 Å². The van der Waals surface area contributed by atoms with Crippen molar-refractivity contribution in [3.8, 4) is 0 Å². The first-order valence-corrected chi connectivity index (χ1v) is 7.95. The maximum atomic E-state index is 12.0. The van der Waals surface area contributed by atoms with E-state index in [4.69, 9.17) is 0 Å². The Balaban J connectivity index is 2.20. The third-order valence-electron chi connectivity index (χ3n) is 2.65. The van der Waals surface area contributed by atoms with Gasteiger partial charge in [0.25, 0.3) is 11.6 Å². The molecule has 0 fully saturated rings. The van der Waals surface area contributed by atoms with Gasteiger partial charge < -0.3 is 5.32 Å². The van der Waals surface area contributed by atoms with Crippen LogP contribution in [0.2, 0.25) is 0 Å². The Morgan fingerprint density at radius 2 is 2.15 bits per heavy atom. The first-order chi connectivity index (χ1) is 9.28. The smallest absolute Gasteiger partial charge is 0.270 e. The van der Waals surface area contributed by atoms with E-state index < -0.39 is 26.7 Å². The Morgan fingerprint density at radius 3 is 2.70 bits per heavy atom. The van der Waals surface area contributed by atoms with Crippen LogP contribution in [0.25, 0.3) is 0 Å². The average Bonchev–Trinajstić information content (AvgIpc) is 2.68. The van der Waals surface area contributed by atoms with Crippen LogP contribution < -0.4 is 5.32 Å². The molecule has 0 radical (unpaired) electrons. The minimum absolute atomic E-state index is 0.0805. The molecule has 1 aromatic carbocycles. The summed E-state index contributed by atoms with van der Waals surface area (Å²) in [4.78, 5) is 22.1. The monoisotopic (exact) mass is 360 g/mol. The van der Waals surface area contributed by atoms with Gasteiger partial charge in [0.2, 0.25) is 0 Å². The lowest BCUT2D eigenvalue weighted by Gasteiger charge is -2.10. The van der Waals surface area contributed by atoms with Gasteiger partial charge in [0.05, 0.1) is 22.3 Å². The van der Waals surface area contributed by atoms with E-state index in [9.17, 15) is 23.3 Å². The average molecular weight is 361 g/mol. The summed E-state index contributed by atoms with van der Waals surface area (Å²) in [5.41, 5.74) is -0.134. The van der Waals surface area contributed by atoms with Crippen molar-refractivity contribution in [1.82, 2.24) is 5.32 Å². The van der Waals surface area contributed by atoms with E-state index in [0.717, 1.165) is 11.5 Å². The Morgan fingerprint density at radius 1 is 1.45 bits per heavy atom. The molecule has 0 bridgehead atoms. The highest BCUT2D eigenvalue weighted by atomic mass is 79.9. The Labute approximate surface area is 122 Å². The van der Waals surface area contributed by atoms with Gasteiger partial charge in [-0.1, -0.05) is 0 Å². The van der Waals surface area contributed by atoms with Crippen LogP contribution in [0.3, 0.4) is 0 Å². The second-order valence-electron chi connectivity index (χ2n) is 4.16. The predicted octanol–water partition coefficient (Wildman–Crippen LogP) is 1.40. The third kappa shape index (κ3) is 3.23. The van der Waals surface area contributed by atoms with Gasteiger partial charge in [-0.25, -0.2) is 8.42 Å². The van der Waals surface area contributed by atoms with Crippen molar-refractivity contribution in [3.05, 3.63) is 49.8 Å². The summed E-state index contributed by atoms with van der Waals surface area (Å²) in [5.74, 6) is -0.780. The van der Waals surface area contributed by atoms with E-state index in [1.165, 1.54) is 18.2 Å². The standard InChI is InChI=1S/C11H9BrN2O5S/c12-10-2-1-8(14(16)17)5-9(10)11(15)13-7-3-4-20(18,19)6-7/h1-5,7H,6H2,(H,13,15). The summed E-state index contributed by atoms with van der Waals surface area (Å²) in [6, 6.07) is 3.17. The molecule has 0 saturated carbocycles. The number of hydrogen-bond donors (Lipinski definition) is 1. The molecule has 1 atom stereocenters.